The molecule has 5 nitrogen and oxygen atoms in total. The van der Waals surface area contributed by atoms with Crippen LogP contribution in [0.5, 0.6) is 11.5 Å². The molecule has 2 aliphatic heterocycles. The normalized spacial score (nSPS) is 20.4. The quantitative estimate of drug-likeness (QED) is 0.411. The number of fused-ring (bicyclic) bond motifs is 2. The number of carbonyl (C=O) groups excluding carboxylic acids is 1. The summed E-state index contributed by atoms with van der Waals surface area (Å²) in [5.41, 5.74) is 1.75. The van der Waals surface area contributed by atoms with Gasteiger partial charge in [-0.2, -0.15) is 0 Å². The monoisotopic (exact) mass is 499 g/mol. The minimum atomic E-state index is -0.313. The lowest BCUT2D eigenvalue weighted by atomic mass is 10.1. The van der Waals surface area contributed by atoms with Crippen LogP contribution < -0.4 is 10.1 Å². The maximum absolute atomic E-state index is 13.0. The molecule has 0 saturated carbocycles. The Labute approximate surface area is 208 Å². The minimum Gasteiger partial charge on any atom is -0.457 e. The summed E-state index contributed by atoms with van der Waals surface area (Å²) in [6, 6.07) is 19.1. The second-order valence-corrected chi connectivity index (χ2v) is 9.59. The molecule has 2 aliphatic rings. The van der Waals surface area contributed by atoms with Crippen LogP contribution in [-0.4, -0.2) is 41.0 Å². The number of carbonyl (C=O) groups is 1. The molecule has 2 bridgehead atoms. The molecule has 3 aromatic carbocycles. The molecule has 0 aliphatic carbocycles. The zero-order valence-corrected chi connectivity index (χ0v) is 20.1. The number of halogens is 3. The van der Waals surface area contributed by atoms with E-state index in [1.165, 1.54) is 12.1 Å². The van der Waals surface area contributed by atoms with Crippen LogP contribution in [0.3, 0.4) is 0 Å². The highest BCUT2D eigenvalue weighted by atomic mass is 35.5. The molecule has 0 radical (unpaired) electrons. The van der Waals surface area contributed by atoms with E-state index >= 15 is 0 Å². The Kier molecular flexibility index (Phi) is 6.38. The number of rotatable bonds is 5. The van der Waals surface area contributed by atoms with Gasteiger partial charge < -0.3 is 15.0 Å². The number of hydrogen-bond donors (Lipinski definition) is 1. The number of hydrogen-bond acceptors (Lipinski definition) is 3. The minimum absolute atomic E-state index is 0.100. The number of nitrogens with zero attached hydrogens (tertiary/aromatic N) is 2. The average molecular weight is 500 g/mol. The number of urea groups is 1. The second-order valence-electron chi connectivity index (χ2n) is 8.74. The van der Waals surface area contributed by atoms with Crippen molar-refractivity contribution < 1.29 is 13.9 Å². The van der Waals surface area contributed by atoms with Gasteiger partial charge in [0.05, 0.1) is 0 Å². The molecule has 0 aromatic heterocycles. The Balaban J connectivity index is 1.17. The molecule has 3 atom stereocenters. The Morgan fingerprint density at radius 3 is 2.29 bits per heavy atom. The Morgan fingerprint density at radius 1 is 1.00 bits per heavy atom. The van der Waals surface area contributed by atoms with Crippen LogP contribution in [0.2, 0.25) is 10.0 Å². The van der Waals surface area contributed by atoms with Crippen molar-refractivity contribution in [3.63, 3.8) is 0 Å². The lowest BCUT2D eigenvalue weighted by molar-refractivity contribution is 0.115. The van der Waals surface area contributed by atoms with Gasteiger partial charge in [-0.1, -0.05) is 29.3 Å². The summed E-state index contributed by atoms with van der Waals surface area (Å²) in [7, 11) is 0. The van der Waals surface area contributed by atoms with Crippen molar-refractivity contribution in [2.45, 2.75) is 31.5 Å². The van der Waals surface area contributed by atoms with Crippen LogP contribution in [0.4, 0.5) is 14.9 Å². The van der Waals surface area contributed by atoms with Gasteiger partial charge in [0.2, 0.25) is 0 Å². The maximum Gasteiger partial charge on any atom is 0.322 e. The van der Waals surface area contributed by atoms with E-state index in [-0.39, 0.29) is 23.9 Å². The fourth-order valence-corrected chi connectivity index (χ4v) is 5.45. The SMILES string of the molecule is CC(c1ccc(Cl)cc1Cl)N1CC2CC1CN2C(=O)Nc1ccc(Oc2ccc(F)cc2)cc1. The van der Waals surface area contributed by atoms with Crippen molar-refractivity contribution in [3.05, 3.63) is 88.2 Å². The van der Waals surface area contributed by atoms with E-state index in [0.717, 1.165) is 18.5 Å². The molecule has 8 heteroatoms. The summed E-state index contributed by atoms with van der Waals surface area (Å²) in [4.78, 5) is 17.3. The van der Waals surface area contributed by atoms with Crippen LogP contribution in [0.15, 0.2) is 66.7 Å². The van der Waals surface area contributed by atoms with Crippen molar-refractivity contribution >= 4 is 34.9 Å². The number of ether oxygens (including phenoxy) is 1. The first kappa shape index (κ1) is 23.0. The molecule has 1 N–H and O–H groups in total. The molecule has 5 rings (SSSR count). The number of anilines is 1. The van der Waals surface area contributed by atoms with Crippen LogP contribution in [-0.2, 0) is 0 Å². The van der Waals surface area contributed by atoms with Gasteiger partial charge in [-0.05, 0) is 79.6 Å². The highest BCUT2D eigenvalue weighted by Gasteiger charge is 2.47. The summed E-state index contributed by atoms with van der Waals surface area (Å²) in [5, 5.41) is 4.28. The fourth-order valence-electron chi connectivity index (χ4n) is 4.88. The van der Waals surface area contributed by atoms with Gasteiger partial charge >= 0.3 is 6.03 Å². The number of piperazine rings is 1. The van der Waals surface area contributed by atoms with Gasteiger partial charge in [-0.15, -0.1) is 0 Å². The first-order chi connectivity index (χ1) is 16.4. The Hall–Kier alpha value is -2.80. The van der Waals surface area contributed by atoms with Gasteiger partial charge in [0.15, 0.2) is 0 Å². The zero-order valence-electron chi connectivity index (χ0n) is 18.5. The van der Waals surface area contributed by atoms with Crippen molar-refractivity contribution in [1.29, 1.82) is 0 Å². The van der Waals surface area contributed by atoms with Crippen molar-refractivity contribution in [2.24, 2.45) is 0 Å². The molecule has 176 valence electrons. The molecule has 3 unspecified atom stereocenters. The third kappa shape index (κ3) is 4.71. The molecule has 2 amide bonds. The topological polar surface area (TPSA) is 44.8 Å². The summed E-state index contributed by atoms with van der Waals surface area (Å²) >= 11 is 12.5. The first-order valence-corrected chi connectivity index (χ1v) is 11.9. The fraction of sp³-hybridized carbons (Fsp3) is 0.269. The van der Waals surface area contributed by atoms with Gasteiger partial charge in [-0.25, -0.2) is 9.18 Å². The number of likely N-dealkylation sites (tertiary alicyclic amines) is 2. The van der Waals surface area contributed by atoms with E-state index in [9.17, 15) is 9.18 Å². The smallest absolute Gasteiger partial charge is 0.322 e. The average Bonchev–Trinajstić information content (AvgIpc) is 3.43. The van der Waals surface area contributed by atoms with E-state index in [2.05, 4.69) is 17.1 Å². The zero-order chi connectivity index (χ0) is 23.8. The molecule has 2 fully saturated rings. The maximum atomic E-state index is 13.0. The Morgan fingerprint density at radius 2 is 1.68 bits per heavy atom. The summed E-state index contributed by atoms with van der Waals surface area (Å²) in [5.74, 6) is 0.840. The predicted octanol–water partition coefficient (Wildman–Crippen LogP) is 6.98. The van der Waals surface area contributed by atoms with Crippen LogP contribution >= 0.6 is 23.2 Å². The van der Waals surface area contributed by atoms with Gasteiger partial charge in [0, 0.05) is 46.9 Å². The molecule has 34 heavy (non-hydrogen) atoms. The van der Waals surface area contributed by atoms with Gasteiger partial charge in [-0.3, -0.25) is 4.90 Å². The molecule has 2 heterocycles. The molecule has 2 saturated heterocycles. The van der Waals surface area contributed by atoms with Gasteiger partial charge in [0.25, 0.3) is 0 Å². The van der Waals surface area contributed by atoms with E-state index in [4.69, 9.17) is 27.9 Å². The van der Waals surface area contributed by atoms with Crippen molar-refractivity contribution in [2.75, 3.05) is 18.4 Å². The lowest BCUT2D eigenvalue weighted by Crippen LogP contribution is -2.50. The largest absolute Gasteiger partial charge is 0.457 e. The van der Waals surface area contributed by atoms with E-state index in [1.54, 1.807) is 42.5 Å². The van der Waals surface area contributed by atoms with Crippen LogP contribution in [0.1, 0.15) is 24.9 Å². The molecule has 0 spiro atoms. The van der Waals surface area contributed by atoms with Crippen molar-refractivity contribution in [1.82, 2.24) is 9.80 Å². The van der Waals surface area contributed by atoms with Crippen LogP contribution in [0, 0.1) is 5.82 Å². The van der Waals surface area contributed by atoms with E-state index in [1.807, 2.05) is 17.0 Å². The number of amides is 2. The molecule has 3 aromatic rings. The summed E-state index contributed by atoms with van der Waals surface area (Å²) < 4.78 is 18.7. The van der Waals surface area contributed by atoms with Crippen molar-refractivity contribution in [3.8, 4) is 11.5 Å². The van der Waals surface area contributed by atoms with Crippen LogP contribution in [0.25, 0.3) is 0 Å². The van der Waals surface area contributed by atoms with E-state index in [0.29, 0.717) is 39.8 Å². The summed E-state index contributed by atoms with van der Waals surface area (Å²) in [6.07, 6.45) is 0.952. The van der Waals surface area contributed by atoms with Gasteiger partial charge in [0.1, 0.15) is 17.3 Å². The second kappa shape index (κ2) is 9.45. The first-order valence-electron chi connectivity index (χ1n) is 11.2. The predicted molar refractivity (Wildman–Crippen MR) is 132 cm³/mol. The number of benzene rings is 3. The lowest BCUT2D eigenvalue weighted by Gasteiger charge is -2.38. The number of nitrogens with one attached hydrogen (secondary N) is 1. The third-order valence-corrected chi connectivity index (χ3v) is 7.17. The molecular weight excluding hydrogens is 476 g/mol. The summed E-state index contributed by atoms with van der Waals surface area (Å²) in [6.45, 7) is 3.64. The highest BCUT2D eigenvalue weighted by molar-refractivity contribution is 6.35. The standard InChI is InChI=1S/C26H24Cl2FN3O2/c1-16(24-11-2-17(27)12-25(24)28)31-14-21-13-20(31)15-32(21)26(33)30-19-5-9-23(10-6-19)34-22-7-3-18(29)4-8-22/h2-12,16,20-21H,13-15H2,1H3,(H,30,33). The highest BCUT2D eigenvalue weighted by Crippen LogP contribution is 2.39. The Bertz CT molecular complexity index is 1190. The van der Waals surface area contributed by atoms with E-state index < -0.39 is 0 Å². The third-order valence-electron chi connectivity index (χ3n) is 6.61. The molecular formula is C26H24Cl2FN3O2.